The molecule has 0 saturated heterocycles. The number of nitrogens with one attached hydrogen (secondary N) is 3. The smallest absolute Gasteiger partial charge is 0.264 e. The summed E-state index contributed by atoms with van der Waals surface area (Å²) >= 11 is 4.75. The Morgan fingerprint density at radius 2 is 1.80 bits per heavy atom. The number of rotatable bonds is 7. The summed E-state index contributed by atoms with van der Waals surface area (Å²) in [5, 5.41) is 9.76. The van der Waals surface area contributed by atoms with E-state index in [4.69, 9.17) is 17.0 Å². The number of aromatic amines is 2. The van der Waals surface area contributed by atoms with Crippen molar-refractivity contribution in [2.45, 2.75) is 11.8 Å². The van der Waals surface area contributed by atoms with Gasteiger partial charge in [-0.2, -0.15) is 0 Å². The summed E-state index contributed by atoms with van der Waals surface area (Å²) in [7, 11) is -3.79. The van der Waals surface area contributed by atoms with E-state index in [1.54, 1.807) is 24.3 Å². The molecule has 2 aromatic carbocycles. The van der Waals surface area contributed by atoms with Gasteiger partial charge < -0.3 is 14.8 Å². The number of aromatic nitrogens is 2. The van der Waals surface area contributed by atoms with Gasteiger partial charge >= 0.3 is 0 Å². The lowest BCUT2D eigenvalue weighted by molar-refractivity contribution is 0.340. The van der Waals surface area contributed by atoms with Crippen LogP contribution < -0.4 is 15.0 Å². The summed E-state index contributed by atoms with van der Waals surface area (Å²) < 4.78 is 32.9. The first-order valence-corrected chi connectivity index (χ1v) is 10.6. The van der Waals surface area contributed by atoms with Gasteiger partial charge in [0.2, 0.25) is 5.88 Å². The lowest BCUT2D eigenvalue weighted by Crippen LogP contribution is -2.13. The third-order valence-corrected chi connectivity index (χ3v) is 5.47. The predicted octanol–water partition coefficient (Wildman–Crippen LogP) is 3.09. The van der Waals surface area contributed by atoms with Gasteiger partial charge in [0.25, 0.3) is 15.6 Å². The van der Waals surface area contributed by atoms with Crippen molar-refractivity contribution in [2.24, 2.45) is 4.99 Å². The van der Waals surface area contributed by atoms with Crippen LogP contribution in [0.3, 0.4) is 0 Å². The number of sulfonamides is 1. The molecule has 11 heteroatoms. The predicted molar refractivity (Wildman–Crippen MR) is 116 cm³/mol. The van der Waals surface area contributed by atoms with E-state index in [1.807, 2.05) is 6.92 Å². The highest BCUT2D eigenvalue weighted by atomic mass is 32.2. The van der Waals surface area contributed by atoms with Gasteiger partial charge in [-0.25, -0.2) is 8.42 Å². The van der Waals surface area contributed by atoms with E-state index in [9.17, 15) is 18.3 Å². The fourth-order valence-corrected chi connectivity index (χ4v) is 3.70. The average molecular weight is 447 g/mol. The third-order valence-electron chi connectivity index (χ3n) is 3.87. The number of aromatic hydroxyl groups is 1. The van der Waals surface area contributed by atoms with Crippen molar-refractivity contribution < 1.29 is 18.3 Å². The van der Waals surface area contributed by atoms with Crippen LogP contribution in [-0.2, 0) is 10.0 Å². The van der Waals surface area contributed by atoms with Crippen LogP contribution in [-0.4, -0.2) is 36.3 Å². The van der Waals surface area contributed by atoms with Gasteiger partial charge in [-0.1, -0.05) is 0 Å². The molecule has 0 saturated carbocycles. The van der Waals surface area contributed by atoms with E-state index in [0.717, 1.165) is 6.21 Å². The Morgan fingerprint density at radius 1 is 1.13 bits per heavy atom. The van der Waals surface area contributed by atoms with E-state index in [1.165, 1.54) is 24.3 Å². The maximum Gasteiger partial charge on any atom is 0.264 e. The third kappa shape index (κ3) is 5.13. The molecular formula is C19H18N4O5S2. The molecule has 0 bridgehead atoms. The zero-order valence-electron chi connectivity index (χ0n) is 15.7. The maximum atomic E-state index is 12.6. The highest BCUT2D eigenvalue weighted by Crippen LogP contribution is 2.21. The molecule has 0 amide bonds. The van der Waals surface area contributed by atoms with Crippen LogP contribution in [0.15, 0.2) is 63.2 Å². The first-order valence-electron chi connectivity index (χ1n) is 8.74. The Morgan fingerprint density at radius 3 is 2.40 bits per heavy atom. The van der Waals surface area contributed by atoms with Gasteiger partial charge in [-0.3, -0.25) is 19.5 Å². The number of ether oxygens (including phenoxy) is 1. The van der Waals surface area contributed by atoms with E-state index >= 15 is 0 Å². The monoisotopic (exact) mass is 446 g/mol. The summed E-state index contributed by atoms with van der Waals surface area (Å²) in [6, 6.07) is 12.3. The van der Waals surface area contributed by atoms with Crippen molar-refractivity contribution in [1.82, 2.24) is 9.97 Å². The molecule has 0 spiro atoms. The number of aliphatic imine (C=N–C) groups is 1. The van der Waals surface area contributed by atoms with Crippen LogP contribution in [0.25, 0.3) is 0 Å². The zero-order valence-corrected chi connectivity index (χ0v) is 17.4. The summed E-state index contributed by atoms with van der Waals surface area (Å²) in [6.07, 6.45) is 1.15. The highest BCUT2D eigenvalue weighted by molar-refractivity contribution is 7.92. The van der Waals surface area contributed by atoms with Crippen molar-refractivity contribution in [3.05, 3.63) is 69.2 Å². The first kappa shape index (κ1) is 21.3. The highest BCUT2D eigenvalue weighted by Gasteiger charge is 2.14. The molecule has 0 fully saturated rings. The molecule has 3 aromatic rings. The van der Waals surface area contributed by atoms with E-state index in [0.29, 0.717) is 23.7 Å². The van der Waals surface area contributed by atoms with Gasteiger partial charge in [0, 0.05) is 11.9 Å². The molecule has 30 heavy (non-hydrogen) atoms. The van der Waals surface area contributed by atoms with Crippen molar-refractivity contribution in [3.63, 3.8) is 0 Å². The number of hydrogen-bond donors (Lipinski definition) is 4. The van der Waals surface area contributed by atoms with Crippen LogP contribution in [0.4, 0.5) is 11.4 Å². The Hall–Kier alpha value is -3.44. The number of H-pyrrole nitrogens is 2. The molecule has 0 aliphatic carbocycles. The van der Waals surface area contributed by atoms with E-state index in [2.05, 4.69) is 19.7 Å². The molecule has 0 atom stereocenters. The van der Waals surface area contributed by atoms with Crippen molar-refractivity contribution in [1.29, 1.82) is 0 Å². The van der Waals surface area contributed by atoms with Crippen LogP contribution >= 0.6 is 12.2 Å². The molecule has 1 aromatic heterocycles. The number of hydrogen-bond acceptors (Lipinski definition) is 7. The fraction of sp³-hybridized carbons (Fsp3) is 0.105. The van der Waals surface area contributed by atoms with E-state index < -0.39 is 21.5 Å². The SMILES string of the molecule is CCOc1ccc(NS(=O)(=O)c2ccc(N=Cc3c(O)[nH]c(=S)[nH]c3=O)cc2)cc1. The number of benzene rings is 2. The lowest BCUT2D eigenvalue weighted by Gasteiger charge is -2.09. The van der Waals surface area contributed by atoms with Gasteiger partial charge in [-0.05, 0) is 67.7 Å². The van der Waals surface area contributed by atoms with Crippen molar-refractivity contribution in [2.75, 3.05) is 11.3 Å². The molecule has 0 radical (unpaired) electrons. The molecule has 0 aliphatic rings. The maximum absolute atomic E-state index is 12.6. The first-order chi connectivity index (χ1) is 14.3. The Balaban J connectivity index is 1.76. The van der Waals surface area contributed by atoms with Crippen molar-refractivity contribution in [3.8, 4) is 11.6 Å². The summed E-state index contributed by atoms with van der Waals surface area (Å²) in [4.78, 5) is 20.7. The minimum atomic E-state index is -3.79. The van der Waals surface area contributed by atoms with Gasteiger partial charge in [0.05, 0.1) is 17.2 Å². The standard InChI is InChI=1S/C19H18N4O5S2/c1-2-28-14-7-3-13(4-8-14)23-30(26,27)15-9-5-12(6-10-15)20-11-16-17(24)21-19(29)22-18(16)25/h3-11,23H,2H2,1H3,(H3,21,22,24,25,29). The molecule has 0 unspecified atom stereocenters. The van der Waals surface area contributed by atoms with Gasteiger partial charge in [0.1, 0.15) is 11.3 Å². The molecular weight excluding hydrogens is 428 g/mol. The second kappa shape index (κ2) is 8.93. The van der Waals surface area contributed by atoms with Crippen LogP contribution in [0.1, 0.15) is 12.5 Å². The summed E-state index contributed by atoms with van der Waals surface area (Å²) in [6.45, 7) is 2.38. The van der Waals surface area contributed by atoms with Gasteiger partial charge in [-0.15, -0.1) is 0 Å². The minimum absolute atomic E-state index is 0.00996. The van der Waals surface area contributed by atoms with Crippen molar-refractivity contribution >= 4 is 39.8 Å². The summed E-state index contributed by atoms with van der Waals surface area (Å²) in [5.74, 6) is 0.235. The normalized spacial score (nSPS) is 11.5. The van der Waals surface area contributed by atoms with Gasteiger partial charge in [0.15, 0.2) is 4.77 Å². The van der Waals surface area contributed by atoms with Crippen LogP contribution in [0.2, 0.25) is 0 Å². The van der Waals surface area contributed by atoms with Crippen LogP contribution in [0.5, 0.6) is 11.6 Å². The molecule has 156 valence electrons. The van der Waals surface area contributed by atoms with E-state index in [-0.39, 0.29) is 15.2 Å². The molecule has 0 aliphatic heterocycles. The lowest BCUT2D eigenvalue weighted by atomic mass is 10.3. The topological polar surface area (TPSA) is 137 Å². The largest absolute Gasteiger partial charge is 0.494 e. The second-order valence-electron chi connectivity index (χ2n) is 5.99. The second-order valence-corrected chi connectivity index (χ2v) is 8.08. The molecule has 1 heterocycles. The number of anilines is 1. The Kier molecular flexibility index (Phi) is 6.33. The zero-order chi connectivity index (χ0) is 21.7. The molecule has 4 N–H and O–H groups in total. The molecule has 3 rings (SSSR count). The fourth-order valence-electron chi connectivity index (χ4n) is 2.45. The Labute approximate surface area is 177 Å². The summed E-state index contributed by atoms with van der Waals surface area (Å²) in [5.41, 5.74) is 0.0872. The Bertz CT molecular complexity index is 1280. The minimum Gasteiger partial charge on any atom is -0.494 e. The molecule has 9 nitrogen and oxygen atoms in total. The average Bonchev–Trinajstić information content (AvgIpc) is 2.69. The van der Waals surface area contributed by atoms with Crippen LogP contribution in [0, 0.1) is 4.77 Å². The number of nitrogens with zero attached hydrogens (tertiary/aromatic N) is 1. The quantitative estimate of drug-likeness (QED) is 0.325.